The lowest BCUT2D eigenvalue weighted by molar-refractivity contribution is -0.649. The van der Waals surface area contributed by atoms with Crippen molar-refractivity contribution in [2.24, 2.45) is 0 Å². The first kappa shape index (κ1) is 24.3. The first-order valence-electron chi connectivity index (χ1n) is 9.41. The topological polar surface area (TPSA) is 129 Å². The van der Waals surface area contributed by atoms with Gasteiger partial charge in [-0.1, -0.05) is 30.3 Å². The van der Waals surface area contributed by atoms with Crippen LogP contribution in [0.5, 0.6) is 0 Å². The summed E-state index contributed by atoms with van der Waals surface area (Å²) < 4.78 is 72.1. The maximum Gasteiger partial charge on any atom is 0.326 e. The molecule has 4 rings (SSSR count). The van der Waals surface area contributed by atoms with Crippen LogP contribution in [-0.4, -0.2) is 31.8 Å². The SMILES string of the molecule is CCC(/C=C1\Sc2ccc(Cl)cc2N1CS(=O)(=O)O)=C\c1sc2occc2[n+]1CS(=O)(=O)O. The molecule has 0 atom stereocenters. The molecule has 14 heteroatoms. The number of thiazole rings is 1. The van der Waals surface area contributed by atoms with Crippen LogP contribution in [0.1, 0.15) is 18.4 Å². The molecule has 0 saturated heterocycles. The second-order valence-corrected chi connectivity index (χ2v) is 12.4. The highest BCUT2D eigenvalue weighted by molar-refractivity contribution is 8.03. The van der Waals surface area contributed by atoms with Crippen LogP contribution in [0.15, 0.2) is 56.5 Å². The number of nitrogens with zero attached hydrogens (tertiary/aromatic N) is 2. The number of aromatic nitrogens is 1. The lowest BCUT2D eigenvalue weighted by atomic mass is 10.2. The highest BCUT2D eigenvalue weighted by Gasteiger charge is 2.30. The molecule has 2 aromatic heterocycles. The Balaban J connectivity index is 1.79. The molecule has 3 aromatic rings. The van der Waals surface area contributed by atoms with Gasteiger partial charge in [-0.05, 0) is 47.6 Å². The van der Waals surface area contributed by atoms with Gasteiger partial charge in [-0.15, -0.1) is 0 Å². The van der Waals surface area contributed by atoms with Gasteiger partial charge in [0.25, 0.3) is 31.4 Å². The van der Waals surface area contributed by atoms with Gasteiger partial charge in [-0.2, -0.15) is 21.4 Å². The zero-order chi connectivity index (χ0) is 24.0. The summed E-state index contributed by atoms with van der Waals surface area (Å²) in [5.41, 5.74) is 1.84. The maximum absolute atomic E-state index is 11.7. The maximum atomic E-state index is 11.7. The van der Waals surface area contributed by atoms with Gasteiger partial charge in [0.1, 0.15) is 0 Å². The van der Waals surface area contributed by atoms with Crippen LogP contribution >= 0.6 is 34.7 Å². The molecule has 176 valence electrons. The molecule has 0 bridgehead atoms. The number of benzene rings is 1. The third-order valence-electron chi connectivity index (χ3n) is 4.67. The molecule has 0 fully saturated rings. The first-order chi connectivity index (χ1) is 15.4. The lowest BCUT2D eigenvalue weighted by Crippen LogP contribution is -2.38. The van der Waals surface area contributed by atoms with Gasteiger partial charge in [0.05, 0.1) is 23.0 Å². The molecule has 3 heterocycles. The fourth-order valence-electron chi connectivity index (χ4n) is 3.28. The quantitative estimate of drug-likeness (QED) is 0.326. The molecule has 0 radical (unpaired) electrons. The molecule has 33 heavy (non-hydrogen) atoms. The zero-order valence-electron chi connectivity index (χ0n) is 17.0. The van der Waals surface area contributed by atoms with Crippen LogP contribution in [0, 0.1) is 0 Å². The summed E-state index contributed by atoms with van der Waals surface area (Å²) in [4.78, 5) is 2.73. The number of anilines is 1. The van der Waals surface area contributed by atoms with Gasteiger partial charge in [0.2, 0.25) is 0 Å². The van der Waals surface area contributed by atoms with E-state index in [-0.39, 0.29) is 0 Å². The van der Waals surface area contributed by atoms with Crippen molar-refractivity contribution in [1.29, 1.82) is 0 Å². The molecular weight excluding hydrogens is 532 g/mol. The Labute approximate surface area is 203 Å². The number of hydrogen-bond acceptors (Lipinski definition) is 8. The predicted octanol–water partition coefficient (Wildman–Crippen LogP) is 4.37. The smallest absolute Gasteiger partial charge is 0.326 e. The van der Waals surface area contributed by atoms with E-state index < -0.39 is 32.0 Å². The predicted molar refractivity (Wildman–Crippen MR) is 128 cm³/mol. The molecule has 1 aliphatic rings. The van der Waals surface area contributed by atoms with Gasteiger partial charge in [0, 0.05) is 16.0 Å². The van der Waals surface area contributed by atoms with Crippen molar-refractivity contribution in [1.82, 2.24) is 0 Å². The van der Waals surface area contributed by atoms with Gasteiger partial charge in [-0.3, -0.25) is 9.11 Å². The molecule has 0 amide bonds. The highest BCUT2D eigenvalue weighted by Crippen LogP contribution is 2.47. The molecule has 9 nitrogen and oxygen atoms in total. The largest absolute Gasteiger partial charge is 0.448 e. The number of furan rings is 1. The number of halogens is 1. The number of fused-ring (bicyclic) bond motifs is 2. The minimum Gasteiger partial charge on any atom is -0.448 e. The van der Waals surface area contributed by atoms with Gasteiger partial charge >= 0.3 is 10.1 Å². The number of thioether (sulfide) groups is 1. The fraction of sp³-hybridized carbons (Fsp3) is 0.211. The molecule has 0 spiro atoms. The average Bonchev–Trinajstić information content (AvgIpc) is 3.35. The van der Waals surface area contributed by atoms with Crippen LogP contribution in [0.25, 0.3) is 16.5 Å². The van der Waals surface area contributed by atoms with Gasteiger partial charge in [-0.25, -0.2) is 0 Å². The van der Waals surface area contributed by atoms with Crippen molar-refractivity contribution in [3.05, 3.63) is 57.2 Å². The van der Waals surface area contributed by atoms with Crippen LogP contribution in [0.2, 0.25) is 5.02 Å². The number of hydrogen-bond donors (Lipinski definition) is 2. The van der Waals surface area contributed by atoms with Crippen LogP contribution in [0.3, 0.4) is 0 Å². The summed E-state index contributed by atoms with van der Waals surface area (Å²) in [6.45, 7) is 1.89. The molecule has 1 aliphatic heterocycles. The molecule has 0 aliphatic carbocycles. The van der Waals surface area contributed by atoms with E-state index in [4.69, 9.17) is 16.0 Å². The number of allylic oxidation sites excluding steroid dienone is 2. The zero-order valence-corrected chi connectivity index (χ0v) is 21.0. The van der Waals surface area contributed by atoms with Crippen LogP contribution < -0.4 is 9.47 Å². The second-order valence-electron chi connectivity index (χ2n) is 7.08. The molecule has 0 unspecified atom stereocenters. The van der Waals surface area contributed by atoms with Crippen LogP contribution in [-0.2, 0) is 26.1 Å². The summed E-state index contributed by atoms with van der Waals surface area (Å²) in [7, 11) is -8.64. The van der Waals surface area contributed by atoms with Crippen molar-refractivity contribution < 1.29 is 34.9 Å². The van der Waals surface area contributed by atoms with Gasteiger partial charge < -0.3 is 9.32 Å². The Morgan fingerprint density at radius 1 is 1.21 bits per heavy atom. The minimum absolute atomic E-state index is 0.426. The Hall–Kier alpha value is -1.87. The Morgan fingerprint density at radius 3 is 2.64 bits per heavy atom. The van der Waals surface area contributed by atoms with E-state index in [0.717, 1.165) is 10.5 Å². The van der Waals surface area contributed by atoms with Gasteiger partial charge in [0.15, 0.2) is 5.88 Å². The molecule has 1 aromatic carbocycles. The van der Waals surface area contributed by atoms with E-state index in [1.54, 1.807) is 36.4 Å². The third kappa shape index (κ3) is 5.62. The Kier molecular flexibility index (Phi) is 6.66. The summed E-state index contributed by atoms with van der Waals surface area (Å²) in [5, 5.41) is 1.51. The summed E-state index contributed by atoms with van der Waals surface area (Å²) in [6.07, 6.45) is 5.48. The standard InChI is InChI=1S/C19H17ClN2O7S4/c1-2-12(8-18-21(10-32(23,24)25)14-5-6-29-19(14)31-18)7-17-22(11-33(26,27)28)15-9-13(20)3-4-16(15)30-17/h3-9H,2,10-11H2,1H3,(H-,23,24,25,26,27,28)/p+1. The Bertz CT molecular complexity index is 1500. The van der Waals surface area contributed by atoms with Crippen molar-refractivity contribution in [2.75, 3.05) is 10.8 Å². The van der Waals surface area contributed by atoms with E-state index in [2.05, 4.69) is 0 Å². The molecule has 2 N–H and O–H groups in total. The monoisotopic (exact) mass is 549 g/mol. The average molecular weight is 550 g/mol. The van der Waals surface area contributed by atoms with Crippen molar-refractivity contribution in [3.63, 3.8) is 0 Å². The summed E-state index contributed by atoms with van der Waals surface area (Å²) >= 11 is 8.62. The van der Waals surface area contributed by atoms with E-state index in [0.29, 0.717) is 37.6 Å². The highest BCUT2D eigenvalue weighted by atomic mass is 35.5. The normalized spacial score (nSPS) is 16.2. The molecular formula is C19H18ClN2O7S4+. The van der Waals surface area contributed by atoms with Crippen LogP contribution in [0.4, 0.5) is 5.69 Å². The first-order valence-corrected chi connectivity index (χ1v) is 14.6. The third-order valence-corrected chi connectivity index (χ3v) is 8.22. The van der Waals surface area contributed by atoms with Crippen molar-refractivity contribution in [3.8, 4) is 0 Å². The van der Waals surface area contributed by atoms with E-state index in [1.165, 1.54) is 38.8 Å². The van der Waals surface area contributed by atoms with E-state index in [9.17, 15) is 25.9 Å². The van der Waals surface area contributed by atoms with Crippen molar-refractivity contribution in [2.45, 2.75) is 24.1 Å². The summed E-state index contributed by atoms with van der Waals surface area (Å²) in [6, 6.07) is 6.69. The fourth-order valence-corrected chi connectivity index (χ4v) is 7.00. The lowest BCUT2D eigenvalue weighted by Gasteiger charge is -2.19. The van der Waals surface area contributed by atoms with Crippen molar-refractivity contribution >= 4 is 77.1 Å². The second kappa shape index (κ2) is 9.06. The minimum atomic E-state index is -4.33. The Morgan fingerprint density at radius 2 is 1.97 bits per heavy atom. The van der Waals surface area contributed by atoms with E-state index >= 15 is 0 Å². The molecule has 0 saturated carbocycles. The summed E-state index contributed by atoms with van der Waals surface area (Å²) in [5.74, 6) is -1.29. The number of rotatable bonds is 7. The van der Waals surface area contributed by atoms with E-state index in [1.807, 2.05) is 6.92 Å².